The van der Waals surface area contributed by atoms with Gasteiger partial charge < -0.3 is 15.2 Å². The van der Waals surface area contributed by atoms with Gasteiger partial charge in [-0.2, -0.15) is 0 Å². The highest BCUT2D eigenvalue weighted by molar-refractivity contribution is 5.79. The van der Waals surface area contributed by atoms with E-state index in [1.165, 1.54) is 0 Å². The zero-order valence-electron chi connectivity index (χ0n) is 9.73. The molecule has 4 nitrogen and oxygen atoms in total. The predicted molar refractivity (Wildman–Crippen MR) is 62.4 cm³/mol. The number of phenolic OH excluding ortho intramolecular Hbond substituents is 1. The molecule has 0 aliphatic heterocycles. The maximum absolute atomic E-state index is 11.5. The number of benzene rings is 1. The minimum absolute atomic E-state index is 0.124. The lowest BCUT2D eigenvalue weighted by Gasteiger charge is -2.16. The highest BCUT2D eigenvalue weighted by Gasteiger charge is 2.15. The van der Waals surface area contributed by atoms with Gasteiger partial charge in [-0.3, -0.25) is 0 Å². The zero-order chi connectivity index (χ0) is 12.1. The fraction of sp³-hybridized carbons (Fsp3) is 0.417. The minimum Gasteiger partial charge on any atom is -0.508 e. The number of aromatic hydroxyl groups is 1. The second-order valence-corrected chi connectivity index (χ2v) is 3.90. The molecule has 1 atom stereocenters. The van der Waals surface area contributed by atoms with E-state index in [-0.39, 0.29) is 17.8 Å². The first-order chi connectivity index (χ1) is 7.49. The summed E-state index contributed by atoms with van der Waals surface area (Å²) in [6.45, 7) is 5.33. The monoisotopic (exact) mass is 223 g/mol. The first kappa shape index (κ1) is 12.4. The standard InChI is InChI=1S/C12H17NO3/c1-8(2)16-12(15)9(3)13-10-5-4-6-11(14)7-10/h4-9,13-14H,1-3H3/t9-/m0/s1. The molecule has 0 saturated heterocycles. The number of nitrogens with one attached hydrogen (secondary N) is 1. The molecule has 0 radical (unpaired) electrons. The highest BCUT2D eigenvalue weighted by atomic mass is 16.5. The SMILES string of the molecule is CC(C)OC(=O)[C@H](C)Nc1cccc(O)c1. The Morgan fingerprint density at radius 3 is 2.62 bits per heavy atom. The molecule has 0 saturated carbocycles. The van der Waals surface area contributed by atoms with Crippen LogP contribution < -0.4 is 5.32 Å². The van der Waals surface area contributed by atoms with Crippen molar-refractivity contribution in [2.45, 2.75) is 32.9 Å². The number of ether oxygens (including phenoxy) is 1. The number of hydrogen-bond acceptors (Lipinski definition) is 4. The fourth-order valence-electron chi connectivity index (χ4n) is 1.24. The Balaban J connectivity index is 2.57. The van der Waals surface area contributed by atoms with E-state index in [0.717, 1.165) is 0 Å². The van der Waals surface area contributed by atoms with E-state index in [2.05, 4.69) is 5.32 Å². The maximum atomic E-state index is 11.5. The van der Waals surface area contributed by atoms with Crippen LogP contribution >= 0.6 is 0 Å². The number of rotatable bonds is 4. The van der Waals surface area contributed by atoms with Crippen LogP contribution in [0.4, 0.5) is 5.69 Å². The molecular formula is C12H17NO3. The van der Waals surface area contributed by atoms with Gasteiger partial charge in [-0.25, -0.2) is 4.79 Å². The van der Waals surface area contributed by atoms with Gasteiger partial charge in [-0.15, -0.1) is 0 Å². The number of hydrogen-bond donors (Lipinski definition) is 2. The third-order valence-corrected chi connectivity index (χ3v) is 1.93. The molecule has 0 unspecified atom stereocenters. The van der Waals surface area contributed by atoms with Crippen LogP contribution in [0.25, 0.3) is 0 Å². The van der Waals surface area contributed by atoms with Crippen molar-refractivity contribution >= 4 is 11.7 Å². The lowest BCUT2D eigenvalue weighted by atomic mass is 10.2. The van der Waals surface area contributed by atoms with E-state index in [4.69, 9.17) is 4.74 Å². The van der Waals surface area contributed by atoms with Crippen molar-refractivity contribution in [2.24, 2.45) is 0 Å². The minimum atomic E-state index is -0.441. The largest absolute Gasteiger partial charge is 0.508 e. The first-order valence-electron chi connectivity index (χ1n) is 5.25. The predicted octanol–water partition coefficient (Wildman–Crippen LogP) is 2.14. The summed E-state index contributed by atoms with van der Waals surface area (Å²) in [5.41, 5.74) is 0.688. The Morgan fingerprint density at radius 1 is 1.38 bits per heavy atom. The Bertz CT molecular complexity index is 363. The summed E-state index contributed by atoms with van der Waals surface area (Å²) in [7, 11) is 0. The van der Waals surface area contributed by atoms with Gasteiger partial charge in [0.25, 0.3) is 0 Å². The smallest absolute Gasteiger partial charge is 0.328 e. The molecule has 1 aromatic carbocycles. The maximum Gasteiger partial charge on any atom is 0.328 e. The van der Waals surface area contributed by atoms with Crippen molar-refractivity contribution in [1.82, 2.24) is 0 Å². The van der Waals surface area contributed by atoms with E-state index in [1.807, 2.05) is 0 Å². The topological polar surface area (TPSA) is 58.6 Å². The van der Waals surface area contributed by atoms with Crippen molar-refractivity contribution in [2.75, 3.05) is 5.32 Å². The molecule has 0 aromatic heterocycles. The van der Waals surface area contributed by atoms with Gasteiger partial charge in [0.1, 0.15) is 11.8 Å². The third kappa shape index (κ3) is 3.81. The van der Waals surface area contributed by atoms with Gasteiger partial charge in [-0.1, -0.05) is 6.07 Å². The Hall–Kier alpha value is -1.71. The molecule has 88 valence electrons. The Labute approximate surface area is 95.2 Å². The number of phenols is 1. The molecule has 0 spiro atoms. The molecule has 0 heterocycles. The van der Waals surface area contributed by atoms with E-state index in [1.54, 1.807) is 45.0 Å². The van der Waals surface area contributed by atoms with Gasteiger partial charge in [0.05, 0.1) is 6.10 Å². The Morgan fingerprint density at radius 2 is 2.06 bits per heavy atom. The number of carbonyl (C=O) groups is 1. The highest BCUT2D eigenvalue weighted by Crippen LogP contribution is 2.16. The molecule has 0 amide bonds. The van der Waals surface area contributed by atoms with Crippen molar-refractivity contribution in [1.29, 1.82) is 0 Å². The molecule has 0 aliphatic rings. The summed E-state index contributed by atoms with van der Waals surface area (Å²) in [5, 5.41) is 12.2. The average molecular weight is 223 g/mol. The molecule has 2 N–H and O–H groups in total. The lowest BCUT2D eigenvalue weighted by Crippen LogP contribution is -2.30. The van der Waals surface area contributed by atoms with Gasteiger partial charge >= 0.3 is 5.97 Å². The van der Waals surface area contributed by atoms with E-state index in [0.29, 0.717) is 5.69 Å². The van der Waals surface area contributed by atoms with Gasteiger partial charge in [0.15, 0.2) is 0 Å². The van der Waals surface area contributed by atoms with Crippen molar-refractivity contribution in [3.8, 4) is 5.75 Å². The molecule has 4 heteroatoms. The van der Waals surface area contributed by atoms with Crippen LogP contribution in [0.1, 0.15) is 20.8 Å². The normalized spacial score (nSPS) is 12.2. The second-order valence-electron chi connectivity index (χ2n) is 3.90. The van der Waals surface area contributed by atoms with Gasteiger partial charge in [-0.05, 0) is 32.9 Å². The number of anilines is 1. The molecule has 0 aliphatic carbocycles. The van der Waals surface area contributed by atoms with Crippen LogP contribution in [0.2, 0.25) is 0 Å². The summed E-state index contributed by atoms with van der Waals surface area (Å²) in [6.07, 6.45) is -0.124. The van der Waals surface area contributed by atoms with Crippen molar-refractivity contribution in [3.05, 3.63) is 24.3 Å². The molecule has 1 rings (SSSR count). The van der Waals surface area contributed by atoms with Crippen LogP contribution in [0.5, 0.6) is 5.75 Å². The van der Waals surface area contributed by atoms with Gasteiger partial charge in [0, 0.05) is 11.8 Å². The van der Waals surface area contributed by atoms with Crippen LogP contribution in [0.3, 0.4) is 0 Å². The lowest BCUT2D eigenvalue weighted by molar-refractivity contribution is -0.147. The average Bonchev–Trinajstić information content (AvgIpc) is 2.16. The van der Waals surface area contributed by atoms with E-state index < -0.39 is 6.04 Å². The summed E-state index contributed by atoms with van der Waals surface area (Å²) in [6, 6.07) is 6.17. The summed E-state index contributed by atoms with van der Waals surface area (Å²) in [5.74, 6) is -0.146. The summed E-state index contributed by atoms with van der Waals surface area (Å²) < 4.78 is 5.05. The van der Waals surface area contributed by atoms with Crippen molar-refractivity contribution in [3.63, 3.8) is 0 Å². The molecule has 0 fully saturated rings. The second kappa shape index (κ2) is 5.39. The van der Waals surface area contributed by atoms with Crippen LogP contribution in [-0.2, 0) is 9.53 Å². The first-order valence-corrected chi connectivity index (χ1v) is 5.25. The number of carbonyl (C=O) groups excluding carboxylic acids is 1. The quantitative estimate of drug-likeness (QED) is 0.768. The van der Waals surface area contributed by atoms with Crippen LogP contribution in [0, 0.1) is 0 Å². The molecule has 16 heavy (non-hydrogen) atoms. The van der Waals surface area contributed by atoms with Gasteiger partial charge in [0.2, 0.25) is 0 Å². The van der Waals surface area contributed by atoms with Crippen molar-refractivity contribution < 1.29 is 14.6 Å². The molecular weight excluding hydrogens is 206 g/mol. The summed E-state index contributed by atoms with van der Waals surface area (Å²) in [4.78, 5) is 11.5. The van der Waals surface area contributed by atoms with E-state index in [9.17, 15) is 9.90 Å². The third-order valence-electron chi connectivity index (χ3n) is 1.93. The molecule has 1 aromatic rings. The summed E-state index contributed by atoms with van der Waals surface area (Å²) >= 11 is 0. The molecule has 0 bridgehead atoms. The zero-order valence-corrected chi connectivity index (χ0v) is 9.73. The van der Waals surface area contributed by atoms with Crippen LogP contribution in [0.15, 0.2) is 24.3 Å². The number of esters is 1. The Kier molecular flexibility index (Phi) is 4.17. The van der Waals surface area contributed by atoms with Crippen LogP contribution in [-0.4, -0.2) is 23.2 Å². The fourth-order valence-corrected chi connectivity index (χ4v) is 1.24. The van der Waals surface area contributed by atoms with E-state index >= 15 is 0 Å².